The molecule has 0 radical (unpaired) electrons. The predicted molar refractivity (Wildman–Crippen MR) is 105 cm³/mol. The number of anilines is 1. The molecule has 1 aromatic heterocycles. The molecule has 0 atom stereocenters. The summed E-state index contributed by atoms with van der Waals surface area (Å²) in [5.41, 5.74) is 2.24. The summed E-state index contributed by atoms with van der Waals surface area (Å²) < 4.78 is 0. The van der Waals surface area contributed by atoms with E-state index in [0.717, 1.165) is 15.5 Å². The van der Waals surface area contributed by atoms with Crippen LogP contribution in [0.4, 0.5) is 5.69 Å². The van der Waals surface area contributed by atoms with Gasteiger partial charge in [0, 0.05) is 23.2 Å². The number of hydrogen-bond acceptors (Lipinski definition) is 6. The Balaban J connectivity index is 1.66. The molecular formula is C21H15N5OS. The van der Waals surface area contributed by atoms with E-state index in [1.807, 2.05) is 42.5 Å². The zero-order valence-corrected chi connectivity index (χ0v) is 15.6. The van der Waals surface area contributed by atoms with Gasteiger partial charge in [0.15, 0.2) is 0 Å². The molecule has 2 aromatic carbocycles. The summed E-state index contributed by atoms with van der Waals surface area (Å²) >= 11 is 1.49. The number of carbonyl (C=O) groups is 1. The number of aromatic nitrogens is 2. The number of nitrogens with zero attached hydrogens (tertiary/aromatic N) is 4. The Morgan fingerprint density at radius 2 is 1.93 bits per heavy atom. The average molecular weight is 385 g/mol. The van der Waals surface area contributed by atoms with E-state index >= 15 is 0 Å². The van der Waals surface area contributed by atoms with Crippen molar-refractivity contribution in [2.45, 2.75) is 22.8 Å². The Hall–Kier alpha value is -3.68. The molecule has 0 aliphatic carbocycles. The average Bonchev–Trinajstić information content (AvgIpc) is 2.70. The molecule has 136 valence electrons. The Morgan fingerprint density at radius 3 is 2.68 bits per heavy atom. The highest BCUT2D eigenvalue weighted by Crippen LogP contribution is 2.27. The van der Waals surface area contributed by atoms with Crippen molar-refractivity contribution in [3.05, 3.63) is 77.7 Å². The first-order valence-electron chi connectivity index (χ1n) is 8.42. The Labute approximate surface area is 166 Å². The fourth-order valence-corrected chi connectivity index (χ4v) is 3.25. The van der Waals surface area contributed by atoms with Crippen molar-refractivity contribution in [2.24, 2.45) is 0 Å². The summed E-state index contributed by atoms with van der Waals surface area (Å²) in [4.78, 5) is 21.3. The topological polar surface area (TPSA) is 102 Å². The highest BCUT2D eigenvalue weighted by Gasteiger charge is 2.06. The lowest BCUT2D eigenvalue weighted by molar-refractivity contribution is -0.115. The second-order valence-corrected chi connectivity index (χ2v) is 6.90. The van der Waals surface area contributed by atoms with Gasteiger partial charge in [-0.25, -0.2) is 9.97 Å². The molecule has 3 aromatic rings. The van der Waals surface area contributed by atoms with Crippen molar-refractivity contribution in [3.8, 4) is 12.1 Å². The minimum absolute atomic E-state index is 0.169. The van der Waals surface area contributed by atoms with Crippen LogP contribution in [0.5, 0.6) is 0 Å². The molecule has 0 saturated heterocycles. The molecule has 0 aliphatic heterocycles. The van der Waals surface area contributed by atoms with Crippen LogP contribution in [0.1, 0.15) is 23.4 Å². The van der Waals surface area contributed by atoms with Crippen LogP contribution in [0.2, 0.25) is 0 Å². The quantitative estimate of drug-likeness (QED) is 0.645. The van der Waals surface area contributed by atoms with Gasteiger partial charge < -0.3 is 5.32 Å². The first-order chi connectivity index (χ1) is 13.7. The van der Waals surface area contributed by atoms with E-state index in [1.165, 1.54) is 11.8 Å². The van der Waals surface area contributed by atoms with Crippen molar-refractivity contribution in [1.29, 1.82) is 10.5 Å². The van der Waals surface area contributed by atoms with E-state index in [9.17, 15) is 4.79 Å². The second-order valence-electron chi connectivity index (χ2n) is 5.81. The van der Waals surface area contributed by atoms with Crippen LogP contribution >= 0.6 is 11.8 Å². The standard InChI is InChI=1S/C21H15N5OS/c22-10-8-20(27)25-17-4-6-18(7-5-17)28-21-9-11-24-19(26-21)13-15-2-1-3-16(12-15)14-23/h1-7,9,11-12H,8,13H2,(H,25,27). The van der Waals surface area contributed by atoms with Gasteiger partial charge in [0.05, 0.1) is 17.7 Å². The molecule has 6 nitrogen and oxygen atoms in total. The Bertz CT molecular complexity index is 1070. The molecule has 0 spiro atoms. The van der Waals surface area contributed by atoms with Gasteiger partial charge in [-0.05, 0) is 48.0 Å². The Morgan fingerprint density at radius 1 is 1.11 bits per heavy atom. The van der Waals surface area contributed by atoms with Crippen LogP contribution in [0.25, 0.3) is 0 Å². The summed E-state index contributed by atoms with van der Waals surface area (Å²) in [6, 6.07) is 20.5. The van der Waals surface area contributed by atoms with Crippen LogP contribution in [0.15, 0.2) is 70.7 Å². The van der Waals surface area contributed by atoms with Crippen LogP contribution in [-0.2, 0) is 11.2 Å². The van der Waals surface area contributed by atoms with E-state index in [1.54, 1.807) is 24.4 Å². The number of hydrogen-bond donors (Lipinski definition) is 1. The molecule has 0 saturated carbocycles. The second kappa shape index (κ2) is 9.31. The van der Waals surface area contributed by atoms with Crippen molar-refractivity contribution in [1.82, 2.24) is 9.97 Å². The number of carbonyl (C=O) groups excluding carboxylic acids is 1. The number of amides is 1. The summed E-state index contributed by atoms with van der Waals surface area (Å²) in [6.07, 6.45) is 2.10. The zero-order chi connectivity index (χ0) is 19.8. The zero-order valence-electron chi connectivity index (χ0n) is 14.8. The summed E-state index contributed by atoms with van der Waals surface area (Å²) in [5, 5.41) is 21.0. The van der Waals surface area contributed by atoms with E-state index in [4.69, 9.17) is 10.5 Å². The maximum Gasteiger partial charge on any atom is 0.238 e. The van der Waals surface area contributed by atoms with Gasteiger partial charge in [0.2, 0.25) is 5.91 Å². The largest absolute Gasteiger partial charge is 0.325 e. The lowest BCUT2D eigenvalue weighted by Crippen LogP contribution is -2.09. The molecule has 0 bridgehead atoms. The van der Waals surface area contributed by atoms with Gasteiger partial charge in [0.25, 0.3) is 0 Å². The fraction of sp³-hybridized carbons (Fsp3) is 0.0952. The molecule has 28 heavy (non-hydrogen) atoms. The first-order valence-corrected chi connectivity index (χ1v) is 9.23. The minimum atomic E-state index is -0.330. The van der Waals surface area contributed by atoms with Gasteiger partial charge in [0.1, 0.15) is 17.3 Å². The van der Waals surface area contributed by atoms with Crippen molar-refractivity contribution in [2.75, 3.05) is 5.32 Å². The molecule has 0 fully saturated rings. The first kappa shape index (κ1) is 19.1. The smallest absolute Gasteiger partial charge is 0.238 e. The molecular weight excluding hydrogens is 370 g/mol. The third-order valence-electron chi connectivity index (χ3n) is 3.70. The molecule has 1 heterocycles. The molecule has 0 aliphatic rings. The predicted octanol–water partition coefficient (Wildman–Crippen LogP) is 3.94. The van der Waals surface area contributed by atoms with E-state index in [-0.39, 0.29) is 12.3 Å². The molecule has 1 N–H and O–H groups in total. The third kappa shape index (κ3) is 5.41. The number of benzene rings is 2. The van der Waals surface area contributed by atoms with Crippen molar-refractivity contribution < 1.29 is 4.79 Å². The van der Waals surface area contributed by atoms with Gasteiger partial charge in [-0.15, -0.1) is 0 Å². The summed E-state index contributed by atoms with van der Waals surface area (Å²) in [7, 11) is 0. The highest BCUT2D eigenvalue weighted by molar-refractivity contribution is 7.99. The van der Waals surface area contributed by atoms with Crippen LogP contribution in [0, 0.1) is 22.7 Å². The molecule has 1 amide bonds. The minimum Gasteiger partial charge on any atom is -0.325 e. The maximum absolute atomic E-state index is 11.4. The molecule has 7 heteroatoms. The molecule has 3 rings (SSSR count). The van der Waals surface area contributed by atoms with Crippen LogP contribution < -0.4 is 5.32 Å². The van der Waals surface area contributed by atoms with Gasteiger partial charge in [-0.1, -0.05) is 23.9 Å². The number of nitriles is 2. The van der Waals surface area contributed by atoms with Crippen LogP contribution in [-0.4, -0.2) is 15.9 Å². The maximum atomic E-state index is 11.4. The van der Waals surface area contributed by atoms with Crippen molar-refractivity contribution >= 4 is 23.4 Å². The van der Waals surface area contributed by atoms with Gasteiger partial charge in [-0.3, -0.25) is 4.79 Å². The summed E-state index contributed by atoms with van der Waals surface area (Å²) in [5.74, 6) is 0.351. The summed E-state index contributed by atoms with van der Waals surface area (Å²) in [6.45, 7) is 0. The third-order valence-corrected chi connectivity index (χ3v) is 4.64. The Kier molecular flexibility index (Phi) is 6.35. The van der Waals surface area contributed by atoms with Crippen molar-refractivity contribution in [3.63, 3.8) is 0 Å². The number of nitrogens with one attached hydrogen (secondary N) is 1. The van der Waals surface area contributed by atoms with E-state index in [0.29, 0.717) is 23.5 Å². The van der Waals surface area contributed by atoms with E-state index < -0.39 is 0 Å². The fourth-order valence-electron chi connectivity index (χ4n) is 2.46. The normalized spacial score (nSPS) is 9.93. The lowest BCUT2D eigenvalue weighted by Gasteiger charge is -2.06. The lowest BCUT2D eigenvalue weighted by atomic mass is 10.1. The molecule has 0 unspecified atom stereocenters. The van der Waals surface area contributed by atoms with Crippen LogP contribution in [0.3, 0.4) is 0 Å². The van der Waals surface area contributed by atoms with E-state index in [2.05, 4.69) is 21.4 Å². The number of rotatable bonds is 6. The highest BCUT2D eigenvalue weighted by atomic mass is 32.2. The van der Waals surface area contributed by atoms with Gasteiger partial charge >= 0.3 is 0 Å². The monoisotopic (exact) mass is 385 g/mol. The SMILES string of the molecule is N#CCC(=O)Nc1ccc(Sc2ccnc(Cc3cccc(C#N)c3)n2)cc1. The van der Waals surface area contributed by atoms with Gasteiger partial charge in [-0.2, -0.15) is 10.5 Å².